The van der Waals surface area contributed by atoms with Crippen LogP contribution in [0.3, 0.4) is 0 Å². The number of rotatable bonds is 4. The molecule has 0 radical (unpaired) electrons. The Bertz CT molecular complexity index is 635. The largest absolute Gasteiger partial charge is 0.573 e. The van der Waals surface area contributed by atoms with Crippen LogP contribution >= 0.6 is 0 Å². The zero-order chi connectivity index (χ0) is 22.8. The lowest BCUT2D eigenvalue weighted by molar-refractivity contribution is -0.274. The summed E-state index contributed by atoms with van der Waals surface area (Å²) < 4.78 is 82.7. The second-order valence-corrected chi connectivity index (χ2v) is 5.27. The Labute approximate surface area is 163 Å². The normalized spacial score (nSPS) is 20.1. The Hall–Kier alpha value is -2.05. The molecule has 0 fully saturated rings. The van der Waals surface area contributed by atoms with Gasteiger partial charge in [0, 0.05) is 25.5 Å². The number of aliphatic imine (C=N–C) groups is 1. The highest BCUT2D eigenvalue weighted by Gasteiger charge is 2.40. The van der Waals surface area contributed by atoms with E-state index in [1.54, 1.807) is 0 Å². The average molecular weight is 435 g/mol. The number of hydrogen-bond acceptors (Lipinski definition) is 6. The van der Waals surface area contributed by atoms with Crippen molar-refractivity contribution < 1.29 is 51.1 Å². The van der Waals surface area contributed by atoms with Crippen molar-refractivity contribution in [2.75, 3.05) is 7.11 Å². The molecule has 0 bridgehead atoms. The predicted octanol–water partition coefficient (Wildman–Crippen LogP) is 3.39. The molecule has 0 saturated heterocycles. The molecular weight excluding hydrogens is 412 g/mol. The fourth-order valence-corrected chi connectivity index (χ4v) is 2.17. The smallest absolute Gasteiger partial charge is 0.448 e. The van der Waals surface area contributed by atoms with E-state index < -0.39 is 43.1 Å². The van der Waals surface area contributed by atoms with Gasteiger partial charge in [0.05, 0.1) is 6.04 Å². The molecular formula is C17H23F6NO5. The lowest BCUT2D eigenvalue weighted by Crippen LogP contribution is -2.36. The summed E-state index contributed by atoms with van der Waals surface area (Å²) >= 11 is 0. The summed E-state index contributed by atoms with van der Waals surface area (Å²) in [4.78, 5) is 3.83. The zero-order valence-corrected chi connectivity index (χ0v) is 15.8. The van der Waals surface area contributed by atoms with Crippen LogP contribution in [-0.2, 0) is 4.74 Å². The molecule has 168 valence electrons. The van der Waals surface area contributed by atoms with Gasteiger partial charge in [0.15, 0.2) is 6.10 Å². The first-order valence-corrected chi connectivity index (χ1v) is 8.42. The molecule has 3 N–H and O–H groups in total. The molecule has 0 spiro atoms. The van der Waals surface area contributed by atoms with Gasteiger partial charge in [0.1, 0.15) is 5.75 Å². The third-order valence-corrected chi connectivity index (χ3v) is 3.21. The van der Waals surface area contributed by atoms with Crippen LogP contribution in [0.15, 0.2) is 29.3 Å². The molecule has 12 heteroatoms. The van der Waals surface area contributed by atoms with Gasteiger partial charge in [0.25, 0.3) is 0 Å². The van der Waals surface area contributed by atoms with E-state index in [4.69, 9.17) is 14.9 Å². The van der Waals surface area contributed by atoms with Gasteiger partial charge in [-0.3, -0.25) is 0 Å². The summed E-state index contributed by atoms with van der Waals surface area (Å²) in [7, 11) is 1.00. The van der Waals surface area contributed by atoms with Crippen LogP contribution in [-0.4, -0.2) is 59.3 Å². The molecule has 1 aliphatic rings. The first kappa shape index (κ1) is 27.0. The van der Waals surface area contributed by atoms with Crippen LogP contribution in [0, 0.1) is 0 Å². The van der Waals surface area contributed by atoms with Crippen LogP contribution in [0.5, 0.6) is 5.75 Å². The van der Waals surface area contributed by atoms with E-state index in [0.29, 0.717) is 0 Å². The Morgan fingerprint density at radius 1 is 1.17 bits per heavy atom. The highest BCUT2D eigenvalue weighted by atomic mass is 19.4. The minimum Gasteiger partial charge on any atom is -0.448 e. The number of benzene rings is 1. The van der Waals surface area contributed by atoms with E-state index in [2.05, 4.69) is 9.73 Å². The third kappa shape index (κ3) is 9.81. The van der Waals surface area contributed by atoms with Crippen LogP contribution < -0.4 is 4.74 Å². The second-order valence-electron chi connectivity index (χ2n) is 5.27. The molecule has 1 heterocycles. The summed E-state index contributed by atoms with van der Waals surface area (Å²) in [5, 5.41) is 25.7. The predicted molar refractivity (Wildman–Crippen MR) is 91.3 cm³/mol. The van der Waals surface area contributed by atoms with Crippen molar-refractivity contribution in [3.63, 3.8) is 0 Å². The number of halogens is 6. The van der Waals surface area contributed by atoms with Crippen molar-refractivity contribution in [2.45, 2.75) is 57.7 Å². The number of nitrogens with zero attached hydrogens (tertiary/aromatic N) is 1. The van der Waals surface area contributed by atoms with Gasteiger partial charge in [0.2, 0.25) is 12.2 Å². The van der Waals surface area contributed by atoms with E-state index in [1.165, 1.54) is 12.1 Å². The molecule has 3 unspecified atom stereocenters. The van der Waals surface area contributed by atoms with Crippen molar-refractivity contribution in [2.24, 2.45) is 4.99 Å². The number of aliphatic hydroxyl groups excluding tert-OH is 3. The molecule has 1 aliphatic heterocycles. The van der Waals surface area contributed by atoms with E-state index in [-0.39, 0.29) is 17.9 Å². The number of alkyl halides is 6. The first-order chi connectivity index (χ1) is 13.4. The first-order valence-electron chi connectivity index (χ1n) is 8.42. The van der Waals surface area contributed by atoms with Gasteiger partial charge in [-0.2, -0.15) is 13.2 Å². The maximum Gasteiger partial charge on any atom is 0.573 e. The standard InChI is InChI=1S/C14H13F6NO4.C2H6.CH4O/c15-13(16,17)10(22)5-8-6-11(23)24-12(21-8)7-2-1-3-9(4-7)25-14(18,19)20;2*1-2/h1-4,8,10-11,22-23H,5-6H2;1-2H3;2H,1H3. The van der Waals surface area contributed by atoms with Gasteiger partial charge in [-0.1, -0.05) is 19.9 Å². The van der Waals surface area contributed by atoms with Gasteiger partial charge < -0.3 is 24.8 Å². The molecule has 1 aromatic rings. The lowest BCUT2D eigenvalue weighted by Gasteiger charge is -2.27. The molecule has 6 nitrogen and oxygen atoms in total. The quantitative estimate of drug-likeness (QED) is 0.631. The van der Waals surface area contributed by atoms with Crippen molar-refractivity contribution in [1.29, 1.82) is 0 Å². The summed E-state index contributed by atoms with van der Waals surface area (Å²) in [5.41, 5.74) is -0.0213. The molecule has 3 atom stereocenters. The van der Waals surface area contributed by atoms with Crippen molar-refractivity contribution in [3.8, 4) is 5.75 Å². The maximum atomic E-state index is 12.4. The molecule has 2 rings (SSSR count). The Morgan fingerprint density at radius 3 is 2.28 bits per heavy atom. The van der Waals surface area contributed by atoms with E-state index in [9.17, 15) is 31.4 Å². The highest BCUT2D eigenvalue weighted by molar-refractivity contribution is 5.95. The van der Waals surface area contributed by atoms with Gasteiger partial charge in [-0.25, -0.2) is 4.99 Å². The molecule has 0 saturated carbocycles. The SMILES string of the molecule is CC.CO.OC1CC(CC(O)C(F)(F)F)N=C(c2cccc(OC(F)(F)F)c2)O1. The monoisotopic (exact) mass is 435 g/mol. The molecule has 0 amide bonds. The third-order valence-electron chi connectivity index (χ3n) is 3.21. The Balaban J connectivity index is 0.00000184. The minimum absolute atomic E-state index is 0.0213. The topological polar surface area (TPSA) is 91.5 Å². The van der Waals surface area contributed by atoms with Gasteiger partial charge >= 0.3 is 12.5 Å². The number of hydrogen-bond donors (Lipinski definition) is 3. The fraction of sp³-hybridized carbons (Fsp3) is 0.588. The van der Waals surface area contributed by atoms with E-state index >= 15 is 0 Å². The fourth-order valence-electron chi connectivity index (χ4n) is 2.17. The molecule has 29 heavy (non-hydrogen) atoms. The summed E-state index contributed by atoms with van der Waals surface area (Å²) in [6, 6.07) is 3.30. The molecule has 0 aliphatic carbocycles. The minimum atomic E-state index is -4.92. The summed E-state index contributed by atoms with van der Waals surface area (Å²) in [6.07, 6.45) is -15.0. The molecule has 0 aromatic heterocycles. The van der Waals surface area contributed by atoms with Crippen LogP contribution in [0.1, 0.15) is 32.3 Å². The number of aliphatic hydroxyl groups is 3. The van der Waals surface area contributed by atoms with Crippen molar-refractivity contribution >= 4 is 5.90 Å². The zero-order valence-electron chi connectivity index (χ0n) is 15.8. The van der Waals surface area contributed by atoms with Crippen molar-refractivity contribution in [1.82, 2.24) is 0 Å². The van der Waals surface area contributed by atoms with Gasteiger partial charge in [-0.05, 0) is 18.2 Å². The summed E-state index contributed by atoms with van der Waals surface area (Å²) in [5.74, 6) is -0.922. The maximum absolute atomic E-state index is 12.4. The van der Waals surface area contributed by atoms with E-state index in [0.717, 1.165) is 19.2 Å². The van der Waals surface area contributed by atoms with Crippen molar-refractivity contribution in [3.05, 3.63) is 29.8 Å². The van der Waals surface area contributed by atoms with Crippen LogP contribution in [0.2, 0.25) is 0 Å². The lowest BCUT2D eigenvalue weighted by atomic mass is 10.0. The summed E-state index contributed by atoms with van der Waals surface area (Å²) in [6.45, 7) is 4.00. The Kier molecular flexibility index (Phi) is 11.0. The second kappa shape index (κ2) is 11.8. The highest BCUT2D eigenvalue weighted by Crippen LogP contribution is 2.29. The average Bonchev–Trinajstić information content (AvgIpc) is 2.62. The number of ether oxygens (including phenoxy) is 2. The van der Waals surface area contributed by atoms with Crippen LogP contribution in [0.25, 0.3) is 0 Å². The van der Waals surface area contributed by atoms with E-state index in [1.807, 2.05) is 13.8 Å². The Morgan fingerprint density at radius 2 is 1.76 bits per heavy atom. The van der Waals surface area contributed by atoms with Gasteiger partial charge in [-0.15, -0.1) is 13.2 Å². The molecule has 1 aromatic carbocycles. The van der Waals surface area contributed by atoms with Crippen LogP contribution in [0.4, 0.5) is 26.3 Å².